The molecule has 0 unspecified atom stereocenters. The zero-order valence-corrected chi connectivity index (χ0v) is 11.0. The van der Waals surface area contributed by atoms with E-state index >= 15 is 0 Å². The van der Waals surface area contributed by atoms with Crippen molar-refractivity contribution in [2.75, 3.05) is 0 Å². The number of aromatic amines is 1. The highest BCUT2D eigenvalue weighted by Gasteiger charge is 2.13. The number of benzene rings is 1. The minimum absolute atomic E-state index is 0.552. The Morgan fingerprint density at radius 2 is 1.89 bits per heavy atom. The smallest absolute Gasteiger partial charge is 0.264 e. The molecular weight excluding hydrogens is 238 g/mol. The average molecular weight is 253 g/mol. The van der Waals surface area contributed by atoms with Crippen LogP contribution in [0.15, 0.2) is 40.8 Å². The third-order valence-electron chi connectivity index (χ3n) is 3.03. The van der Waals surface area contributed by atoms with E-state index in [-0.39, 0.29) is 0 Å². The predicted octanol–water partition coefficient (Wildman–Crippen LogP) is 3.27. The highest BCUT2D eigenvalue weighted by Crippen LogP contribution is 2.22. The standard InChI is InChI=1S/C15H15N3O/c1-10-8-11(2)16-14(10)15-18-17-13(19-15)9-12-6-4-3-5-7-12/h3-8,16H,9H2,1-2H3. The molecule has 0 saturated carbocycles. The molecule has 4 heteroatoms. The first-order valence-corrected chi connectivity index (χ1v) is 6.25. The minimum atomic E-state index is 0.552. The number of hydrogen-bond donors (Lipinski definition) is 1. The lowest BCUT2D eigenvalue weighted by Crippen LogP contribution is -1.87. The van der Waals surface area contributed by atoms with Crippen LogP contribution in [-0.4, -0.2) is 15.2 Å². The summed E-state index contributed by atoms with van der Waals surface area (Å²) in [6.07, 6.45) is 0.659. The lowest BCUT2D eigenvalue weighted by atomic mass is 10.2. The topological polar surface area (TPSA) is 54.7 Å². The number of aromatic nitrogens is 3. The van der Waals surface area contributed by atoms with Crippen LogP contribution in [0.25, 0.3) is 11.6 Å². The maximum absolute atomic E-state index is 5.71. The molecule has 0 bridgehead atoms. The van der Waals surface area contributed by atoms with Gasteiger partial charge in [0.2, 0.25) is 5.89 Å². The molecule has 0 spiro atoms. The molecule has 0 radical (unpaired) electrons. The SMILES string of the molecule is Cc1cc(C)c(-c2nnc(Cc3ccccc3)o2)[nH]1. The fraction of sp³-hybridized carbons (Fsp3) is 0.200. The maximum atomic E-state index is 5.71. The van der Waals surface area contributed by atoms with Gasteiger partial charge in [0.15, 0.2) is 0 Å². The Labute approximate surface area is 111 Å². The van der Waals surface area contributed by atoms with E-state index in [1.54, 1.807) is 0 Å². The second kappa shape index (κ2) is 4.72. The second-order valence-electron chi connectivity index (χ2n) is 4.67. The molecule has 0 saturated heterocycles. The number of hydrogen-bond acceptors (Lipinski definition) is 3. The normalized spacial score (nSPS) is 10.8. The van der Waals surface area contributed by atoms with Gasteiger partial charge in [-0.2, -0.15) is 0 Å². The first-order chi connectivity index (χ1) is 9.22. The Balaban J connectivity index is 1.86. The molecule has 4 nitrogen and oxygen atoms in total. The summed E-state index contributed by atoms with van der Waals surface area (Å²) in [5.74, 6) is 1.18. The molecule has 0 aliphatic carbocycles. The molecule has 3 rings (SSSR count). The molecule has 19 heavy (non-hydrogen) atoms. The fourth-order valence-electron chi connectivity index (χ4n) is 2.15. The van der Waals surface area contributed by atoms with Gasteiger partial charge in [-0.25, -0.2) is 0 Å². The molecule has 1 aromatic carbocycles. The van der Waals surface area contributed by atoms with Crippen molar-refractivity contribution in [3.8, 4) is 11.6 Å². The Hall–Kier alpha value is -2.36. The van der Waals surface area contributed by atoms with E-state index < -0.39 is 0 Å². The van der Waals surface area contributed by atoms with Crippen LogP contribution < -0.4 is 0 Å². The van der Waals surface area contributed by atoms with Crippen molar-refractivity contribution < 1.29 is 4.42 Å². The highest BCUT2D eigenvalue weighted by atomic mass is 16.4. The van der Waals surface area contributed by atoms with Gasteiger partial charge in [0.05, 0.1) is 6.42 Å². The van der Waals surface area contributed by atoms with Crippen LogP contribution in [0.5, 0.6) is 0 Å². The van der Waals surface area contributed by atoms with Crippen molar-refractivity contribution in [1.29, 1.82) is 0 Å². The molecule has 0 fully saturated rings. The van der Waals surface area contributed by atoms with Gasteiger partial charge < -0.3 is 9.40 Å². The summed E-state index contributed by atoms with van der Waals surface area (Å²) in [4.78, 5) is 3.24. The third kappa shape index (κ3) is 2.42. The van der Waals surface area contributed by atoms with Gasteiger partial charge in [-0.15, -0.1) is 10.2 Å². The predicted molar refractivity (Wildman–Crippen MR) is 72.8 cm³/mol. The number of rotatable bonds is 3. The van der Waals surface area contributed by atoms with Crippen LogP contribution in [0.1, 0.15) is 22.7 Å². The van der Waals surface area contributed by atoms with Crippen molar-refractivity contribution in [1.82, 2.24) is 15.2 Å². The Morgan fingerprint density at radius 1 is 1.11 bits per heavy atom. The lowest BCUT2D eigenvalue weighted by Gasteiger charge is -1.95. The Bertz CT molecular complexity index is 682. The minimum Gasteiger partial charge on any atom is -0.419 e. The summed E-state index contributed by atoms with van der Waals surface area (Å²) >= 11 is 0. The van der Waals surface area contributed by atoms with Gasteiger partial charge in [-0.05, 0) is 31.0 Å². The van der Waals surface area contributed by atoms with Crippen molar-refractivity contribution in [3.05, 3.63) is 59.1 Å². The maximum Gasteiger partial charge on any atom is 0.264 e. The van der Waals surface area contributed by atoms with E-state index in [9.17, 15) is 0 Å². The van der Waals surface area contributed by atoms with E-state index in [0.29, 0.717) is 18.2 Å². The molecule has 2 aromatic heterocycles. The zero-order valence-electron chi connectivity index (χ0n) is 11.0. The summed E-state index contributed by atoms with van der Waals surface area (Å²) in [6.45, 7) is 4.04. The van der Waals surface area contributed by atoms with Crippen LogP contribution in [0.2, 0.25) is 0 Å². The van der Waals surface area contributed by atoms with Crippen LogP contribution in [0.3, 0.4) is 0 Å². The fourth-order valence-corrected chi connectivity index (χ4v) is 2.15. The van der Waals surface area contributed by atoms with Crippen LogP contribution in [0, 0.1) is 13.8 Å². The molecule has 0 atom stereocenters. The summed E-state index contributed by atoms with van der Waals surface area (Å²) < 4.78 is 5.71. The first-order valence-electron chi connectivity index (χ1n) is 6.25. The first kappa shape index (κ1) is 11.7. The molecule has 0 aliphatic rings. The molecule has 0 amide bonds. The van der Waals surface area contributed by atoms with Crippen molar-refractivity contribution in [2.45, 2.75) is 20.3 Å². The summed E-state index contributed by atoms with van der Waals surface area (Å²) in [7, 11) is 0. The second-order valence-corrected chi connectivity index (χ2v) is 4.67. The van der Waals surface area contributed by atoms with Crippen LogP contribution in [0.4, 0.5) is 0 Å². The van der Waals surface area contributed by atoms with Crippen LogP contribution in [-0.2, 0) is 6.42 Å². The average Bonchev–Trinajstić information content (AvgIpc) is 2.97. The highest BCUT2D eigenvalue weighted by molar-refractivity contribution is 5.53. The van der Waals surface area contributed by atoms with Gasteiger partial charge in [0.1, 0.15) is 5.69 Å². The van der Waals surface area contributed by atoms with Crippen LogP contribution >= 0.6 is 0 Å². The van der Waals surface area contributed by atoms with Gasteiger partial charge in [-0.1, -0.05) is 30.3 Å². The number of H-pyrrole nitrogens is 1. The number of nitrogens with zero attached hydrogens (tertiary/aromatic N) is 2. The summed E-state index contributed by atoms with van der Waals surface area (Å²) in [6, 6.07) is 12.2. The monoisotopic (exact) mass is 253 g/mol. The third-order valence-corrected chi connectivity index (χ3v) is 3.03. The van der Waals surface area contributed by atoms with Crippen molar-refractivity contribution in [2.24, 2.45) is 0 Å². The lowest BCUT2D eigenvalue weighted by molar-refractivity contribution is 0.516. The largest absolute Gasteiger partial charge is 0.419 e. The van der Waals surface area contributed by atoms with E-state index in [1.165, 1.54) is 0 Å². The quantitative estimate of drug-likeness (QED) is 0.779. The molecule has 0 aliphatic heterocycles. The molecule has 96 valence electrons. The number of aryl methyl sites for hydroxylation is 2. The summed E-state index contributed by atoms with van der Waals surface area (Å²) in [5, 5.41) is 8.21. The van der Waals surface area contributed by atoms with Crippen molar-refractivity contribution in [3.63, 3.8) is 0 Å². The van der Waals surface area contributed by atoms with Gasteiger partial charge >= 0.3 is 0 Å². The Morgan fingerprint density at radius 3 is 2.58 bits per heavy atom. The van der Waals surface area contributed by atoms with E-state index in [2.05, 4.69) is 21.2 Å². The van der Waals surface area contributed by atoms with Crippen molar-refractivity contribution >= 4 is 0 Å². The molecule has 3 aromatic rings. The summed E-state index contributed by atoms with van der Waals surface area (Å²) in [5.41, 5.74) is 4.28. The molecule has 1 N–H and O–H groups in total. The Kier molecular flexibility index (Phi) is 2.91. The van der Waals surface area contributed by atoms with E-state index in [1.807, 2.05) is 44.2 Å². The zero-order chi connectivity index (χ0) is 13.2. The van der Waals surface area contributed by atoms with Gasteiger partial charge in [0, 0.05) is 5.69 Å². The van der Waals surface area contributed by atoms with Gasteiger partial charge in [-0.3, -0.25) is 0 Å². The number of nitrogens with one attached hydrogen (secondary N) is 1. The molecular formula is C15H15N3O. The van der Waals surface area contributed by atoms with E-state index in [4.69, 9.17) is 4.42 Å². The molecule has 2 heterocycles. The van der Waals surface area contributed by atoms with E-state index in [0.717, 1.165) is 22.5 Å². The van der Waals surface area contributed by atoms with Gasteiger partial charge in [0.25, 0.3) is 5.89 Å².